The summed E-state index contributed by atoms with van der Waals surface area (Å²) < 4.78 is 1.28. The minimum atomic E-state index is 0.0530. The summed E-state index contributed by atoms with van der Waals surface area (Å²) in [7, 11) is 0. The maximum Gasteiger partial charge on any atom is 0.0515 e. The molecule has 0 saturated carbocycles. The highest BCUT2D eigenvalue weighted by atomic mass is 35.5. The summed E-state index contributed by atoms with van der Waals surface area (Å²) in [6.07, 6.45) is 0.771. The predicted molar refractivity (Wildman–Crippen MR) is 87.0 cm³/mol. The molecule has 2 nitrogen and oxygen atoms in total. The van der Waals surface area contributed by atoms with Crippen LogP contribution in [0.1, 0.15) is 17.2 Å². The van der Waals surface area contributed by atoms with Crippen molar-refractivity contribution in [3.8, 4) is 0 Å². The van der Waals surface area contributed by atoms with Gasteiger partial charge in [-0.05, 0) is 40.4 Å². The van der Waals surface area contributed by atoms with Crippen LogP contribution in [0.15, 0.2) is 53.9 Å². The molecule has 0 aliphatic carbocycles. The second-order valence-corrected chi connectivity index (χ2v) is 6.02. The smallest absolute Gasteiger partial charge is 0.0515 e. The van der Waals surface area contributed by atoms with Crippen LogP contribution in [0.4, 0.5) is 0 Å². The van der Waals surface area contributed by atoms with Gasteiger partial charge in [-0.2, -0.15) is 0 Å². The lowest BCUT2D eigenvalue weighted by atomic mass is 9.98. The van der Waals surface area contributed by atoms with Gasteiger partial charge in [0, 0.05) is 9.72 Å². The molecule has 1 atom stereocenters. The molecule has 0 aliphatic rings. The Labute approximate surface area is 127 Å². The first-order valence-electron chi connectivity index (χ1n) is 6.45. The predicted octanol–water partition coefficient (Wildman–Crippen LogP) is 4.30. The van der Waals surface area contributed by atoms with E-state index in [0.29, 0.717) is 0 Å². The number of hydrogen-bond donors (Lipinski definition) is 2. The van der Waals surface area contributed by atoms with E-state index in [1.54, 1.807) is 11.3 Å². The zero-order valence-electron chi connectivity index (χ0n) is 10.8. The Morgan fingerprint density at radius 3 is 2.75 bits per heavy atom. The van der Waals surface area contributed by atoms with Crippen LogP contribution in [0, 0.1) is 0 Å². The van der Waals surface area contributed by atoms with Crippen molar-refractivity contribution < 1.29 is 0 Å². The molecular formula is C16H15ClN2S. The Morgan fingerprint density at radius 2 is 1.95 bits per heavy atom. The van der Waals surface area contributed by atoms with Gasteiger partial charge in [0.25, 0.3) is 0 Å². The van der Waals surface area contributed by atoms with E-state index in [4.69, 9.17) is 17.4 Å². The molecule has 0 bridgehead atoms. The first-order chi connectivity index (χ1) is 9.79. The topological polar surface area (TPSA) is 38.0 Å². The molecule has 0 aliphatic heterocycles. The second kappa shape index (κ2) is 5.94. The van der Waals surface area contributed by atoms with Crippen molar-refractivity contribution in [1.82, 2.24) is 5.43 Å². The van der Waals surface area contributed by atoms with Crippen LogP contribution in [0.25, 0.3) is 10.1 Å². The Morgan fingerprint density at radius 1 is 1.10 bits per heavy atom. The molecule has 20 heavy (non-hydrogen) atoms. The summed E-state index contributed by atoms with van der Waals surface area (Å²) in [5.74, 6) is 5.77. The van der Waals surface area contributed by atoms with E-state index in [1.165, 1.54) is 15.6 Å². The number of nitrogens with one attached hydrogen (secondary N) is 1. The lowest BCUT2D eigenvalue weighted by Crippen LogP contribution is -2.29. The van der Waals surface area contributed by atoms with Gasteiger partial charge < -0.3 is 0 Å². The highest BCUT2D eigenvalue weighted by molar-refractivity contribution is 7.17. The van der Waals surface area contributed by atoms with Crippen molar-refractivity contribution >= 4 is 33.0 Å². The zero-order valence-corrected chi connectivity index (χ0v) is 12.4. The summed E-state index contributed by atoms with van der Waals surface area (Å²) in [6, 6.07) is 16.4. The fourth-order valence-corrected chi connectivity index (χ4v) is 3.62. The number of hydrazine groups is 1. The fourth-order valence-electron chi connectivity index (χ4n) is 2.43. The zero-order chi connectivity index (χ0) is 13.9. The van der Waals surface area contributed by atoms with E-state index in [0.717, 1.165) is 17.0 Å². The summed E-state index contributed by atoms with van der Waals surface area (Å²) in [5, 5.41) is 4.15. The molecule has 0 amide bonds. The molecular weight excluding hydrogens is 288 g/mol. The summed E-state index contributed by atoms with van der Waals surface area (Å²) in [5.41, 5.74) is 5.25. The lowest BCUT2D eigenvalue weighted by molar-refractivity contribution is 0.556. The van der Waals surface area contributed by atoms with Gasteiger partial charge in [0.15, 0.2) is 0 Å². The molecule has 3 N–H and O–H groups in total. The Kier molecular flexibility index (Phi) is 4.03. The van der Waals surface area contributed by atoms with E-state index >= 15 is 0 Å². The van der Waals surface area contributed by atoms with Crippen LogP contribution in [0.3, 0.4) is 0 Å². The van der Waals surface area contributed by atoms with E-state index in [9.17, 15) is 0 Å². The SMILES string of the molecule is NNC(Cc1ccccc1Cl)c1cccc2ccsc12. The fraction of sp³-hybridized carbons (Fsp3) is 0.125. The molecule has 1 unspecified atom stereocenters. The molecule has 4 heteroatoms. The number of fused-ring (bicyclic) bond motifs is 1. The van der Waals surface area contributed by atoms with Crippen molar-refractivity contribution in [2.75, 3.05) is 0 Å². The number of benzene rings is 2. The standard InChI is InChI=1S/C16H15ClN2S/c17-14-7-2-1-4-12(14)10-15(19-18)13-6-3-5-11-8-9-20-16(11)13/h1-9,15,19H,10,18H2. The minimum absolute atomic E-state index is 0.0530. The molecule has 2 aromatic carbocycles. The molecule has 0 spiro atoms. The van der Waals surface area contributed by atoms with Gasteiger partial charge in [0.05, 0.1) is 6.04 Å². The van der Waals surface area contributed by atoms with Gasteiger partial charge in [-0.15, -0.1) is 11.3 Å². The van der Waals surface area contributed by atoms with Crippen LogP contribution in [0.2, 0.25) is 5.02 Å². The van der Waals surface area contributed by atoms with E-state index < -0.39 is 0 Å². The molecule has 3 aromatic rings. The van der Waals surface area contributed by atoms with Gasteiger partial charge in [0.1, 0.15) is 0 Å². The normalized spacial score (nSPS) is 12.7. The van der Waals surface area contributed by atoms with Gasteiger partial charge >= 0.3 is 0 Å². The number of rotatable bonds is 4. The Balaban J connectivity index is 1.98. The van der Waals surface area contributed by atoms with E-state index in [2.05, 4.69) is 35.1 Å². The van der Waals surface area contributed by atoms with E-state index in [1.807, 2.05) is 24.3 Å². The third-order valence-electron chi connectivity index (χ3n) is 3.47. The third kappa shape index (κ3) is 2.58. The summed E-state index contributed by atoms with van der Waals surface area (Å²) >= 11 is 7.99. The number of thiophene rings is 1. The molecule has 0 fully saturated rings. The monoisotopic (exact) mass is 302 g/mol. The Bertz CT molecular complexity index is 723. The van der Waals surface area contributed by atoms with Crippen LogP contribution in [0.5, 0.6) is 0 Å². The maximum atomic E-state index is 6.24. The van der Waals surface area contributed by atoms with Gasteiger partial charge in [-0.25, -0.2) is 0 Å². The molecule has 3 rings (SSSR count). The van der Waals surface area contributed by atoms with Crippen molar-refractivity contribution in [2.24, 2.45) is 5.84 Å². The van der Waals surface area contributed by atoms with Crippen LogP contribution < -0.4 is 11.3 Å². The average molecular weight is 303 g/mol. The first kappa shape index (κ1) is 13.6. The number of nitrogens with two attached hydrogens (primary N) is 1. The molecule has 1 heterocycles. The molecule has 102 valence electrons. The van der Waals surface area contributed by atoms with E-state index in [-0.39, 0.29) is 6.04 Å². The molecule has 0 radical (unpaired) electrons. The van der Waals surface area contributed by atoms with Crippen molar-refractivity contribution in [2.45, 2.75) is 12.5 Å². The van der Waals surface area contributed by atoms with Gasteiger partial charge in [-0.3, -0.25) is 11.3 Å². The second-order valence-electron chi connectivity index (χ2n) is 4.70. The van der Waals surface area contributed by atoms with Crippen LogP contribution >= 0.6 is 22.9 Å². The van der Waals surface area contributed by atoms with Gasteiger partial charge in [-0.1, -0.05) is 48.0 Å². The van der Waals surface area contributed by atoms with Crippen molar-refractivity contribution in [3.63, 3.8) is 0 Å². The minimum Gasteiger partial charge on any atom is -0.271 e. The lowest BCUT2D eigenvalue weighted by Gasteiger charge is -2.18. The van der Waals surface area contributed by atoms with Crippen LogP contribution in [-0.4, -0.2) is 0 Å². The first-order valence-corrected chi connectivity index (χ1v) is 7.71. The average Bonchev–Trinajstić information content (AvgIpc) is 2.95. The largest absolute Gasteiger partial charge is 0.271 e. The van der Waals surface area contributed by atoms with Crippen molar-refractivity contribution in [1.29, 1.82) is 0 Å². The summed E-state index contributed by atoms with van der Waals surface area (Å²) in [4.78, 5) is 0. The highest BCUT2D eigenvalue weighted by Gasteiger charge is 2.15. The number of hydrogen-bond acceptors (Lipinski definition) is 3. The number of halogens is 1. The highest BCUT2D eigenvalue weighted by Crippen LogP contribution is 2.31. The third-order valence-corrected chi connectivity index (χ3v) is 4.82. The van der Waals surface area contributed by atoms with Gasteiger partial charge in [0.2, 0.25) is 0 Å². The quantitative estimate of drug-likeness (QED) is 0.557. The molecule has 1 aromatic heterocycles. The Hall–Kier alpha value is -1.39. The van der Waals surface area contributed by atoms with Crippen LogP contribution in [-0.2, 0) is 6.42 Å². The van der Waals surface area contributed by atoms with Crippen molar-refractivity contribution in [3.05, 3.63) is 70.1 Å². The summed E-state index contributed by atoms with van der Waals surface area (Å²) in [6.45, 7) is 0. The molecule has 0 saturated heterocycles. The maximum absolute atomic E-state index is 6.24.